The molecular formula is C28H39N3O8. The van der Waals surface area contributed by atoms with Gasteiger partial charge in [-0.15, -0.1) is 0 Å². The van der Waals surface area contributed by atoms with Crippen LogP contribution in [0.15, 0.2) is 58.5 Å². The van der Waals surface area contributed by atoms with Crippen molar-refractivity contribution >= 4 is 23.6 Å². The van der Waals surface area contributed by atoms with Gasteiger partial charge in [-0.2, -0.15) is 0 Å². The van der Waals surface area contributed by atoms with Gasteiger partial charge in [0.2, 0.25) is 11.6 Å². The number of methoxy groups -OCH3 is 2. The number of carbonyl (C=O) groups is 4. The van der Waals surface area contributed by atoms with Crippen molar-refractivity contribution in [3.05, 3.63) is 58.5 Å². The summed E-state index contributed by atoms with van der Waals surface area (Å²) in [6.07, 6.45) is 3.55. The number of fused-ring (bicyclic) bond motifs is 2. The van der Waals surface area contributed by atoms with E-state index in [1.54, 1.807) is 26.0 Å². The van der Waals surface area contributed by atoms with Crippen molar-refractivity contribution in [3.63, 3.8) is 0 Å². The Balaban J connectivity index is 2.58. The van der Waals surface area contributed by atoms with Gasteiger partial charge in [0, 0.05) is 37.4 Å². The van der Waals surface area contributed by atoms with Crippen LogP contribution >= 0.6 is 0 Å². The van der Waals surface area contributed by atoms with Crippen molar-refractivity contribution in [2.75, 3.05) is 14.2 Å². The van der Waals surface area contributed by atoms with Crippen LogP contribution in [-0.2, 0) is 28.6 Å². The molecular weight excluding hydrogens is 506 g/mol. The molecule has 1 aliphatic carbocycles. The summed E-state index contributed by atoms with van der Waals surface area (Å²) in [7, 11) is 2.90. The highest BCUT2D eigenvalue weighted by Crippen LogP contribution is 2.28. The third-order valence-electron chi connectivity index (χ3n) is 6.84. The highest BCUT2D eigenvalue weighted by Gasteiger charge is 2.32. The van der Waals surface area contributed by atoms with Gasteiger partial charge in [-0.25, -0.2) is 4.79 Å². The van der Waals surface area contributed by atoms with E-state index in [2.05, 4.69) is 5.32 Å². The van der Waals surface area contributed by atoms with Crippen LogP contribution in [0.1, 0.15) is 40.5 Å². The van der Waals surface area contributed by atoms with Gasteiger partial charge in [-0.1, -0.05) is 38.2 Å². The number of ether oxygens (including phenoxy) is 3. The van der Waals surface area contributed by atoms with Crippen molar-refractivity contribution in [1.82, 2.24) is 5.32 Å². The summed E-state index contributed by atoms with van der Waals surface area (Å²) < 4.78 is 16.4. The standard InChI is InChI=1S/C28H39N3O8/c1-14-10-18-23(29)20(32)13-19(25(18)34)31-27(35)15(2)8-7-9-21(37-5)26(39-28(30)36)17(4)12-16(3)24(33)22(11-14)38-6/h7-9,12-14,16,21-22,24,26,33H,10-11,29H2,1-6H3,(H2,30,36)(H,31,35)/b9-7?,15-8?,17-12+. The summed E-state index contributed by atoms with van der Waals surface area (Å²) in [5.74, 6) is -2.37. The molecule has 0 saturated carbocycles. The number of nitrogens with one attached hydrogen (secondary N) is 1. The average molecular weight is 546 g/mol. The third-order valence-corrected chi connectivity index (χ3v) is 6.84. The van der Waals surface area contributed by atoms with Gasteiger partial charge < -0.3 is 36.1 Å². The SMILES string of the molecule is COC1C=CC=C(C)C(=O)NC2=CC(=O)C(N)=C(CC(C)CC(OC)C(O)C(C)/C=C(\C)C1OC(N)=O)C2=O. The summed E-state index contributed by atoms with van der Waals surface area (Å²) >= 11 is 0. The summed E-state index contributed by atoms with van der Waals surface area (Å²) in [6.45, 7) is 6.89. The van der Waals surface area contributed by atoms with Crippen LogP contribution in [0, 0.1) is 11.8 Å². The van der Waals surface area contributed by atoms with Crippen LogP contribution in [0.2, 0.25) is 0 Å². The Bertz CT molecular complexity index is 1130. The zero-order valence-electron chi connectivity index (χ0n) is 23.2. The van der Waals surface area contributed by atoms with Gasteiger partial charge in [0.25, 0.3) is 5.91 Å². The van der Waals surface area contributed by atoms with E-state index in [1.807, 2.05) is 6.92 Å². The Labute approximate surface area is 228 Å². The maximum absolute atomic E-state index is 13.2. The first-order valence-electron chi connectivity index (χ1n) is 12.6. The van der Waals surface area contributed by atoms with Crippen LogP contribution in [0.25, 0.3) is 0 Å². The maximum atomic E-state index is 13.2. The fourth-order valence-electron chi connectivity index (χ4n) is 4.61. The fourth-order valence-corrected chi connectivity index (χ4v) is 4.61. The van der Waals surface area contributed by atoms with Crippen LogP contribution in [0.3, 0.4) is 0 Å². The van der Waals surface area contributed by atoms with Crippen molar-refractivity contribution in [2.45, 2.75) is 65.0 Å². The second-order valence-corrected chi connectivity index (χ2v) is 9.97. The highest BCUT2D eigenvalue weighted by molar-refractivity contribution is 6.23. The van der Waals surface area contributed by atoms with Crippen LogP contribution in [0.5, 0.6) is 0 Å². The zero-order valence-corrected chi connectivity index (χ0v) is 23.2. The molecule has 39 heavy (non-hydrogen) atoms. The van der Waals surface area contributed by atoms with Crippen LogP contribution < -0.4 is 16.8 Å². The van der Waals surface area contributed by atoms with E-state index in [-0.39, 0.29) is 34.9 Å². The lowest BCUT2D eigenvalue weighted by Crippen LogP contribution is -2.37. The second kappa shape index (κ2) is 14.0. The first kappa shape index (κ1) is 31.7. The molecule has 0 spiro atoms. The maximum Gasteiger partial charge on any atom is 0.405 e. The van der Waals surface area contributed by atoms with Gasteiger partial charge in [-0.05, 0) is 38.2 Å². The number of aliphatic hydroxyl groups excluding tert-OH is 1. The Morgan fingerprint density at radius 2 is 1.79 bits per heavy atom. The normalized spacial score (nSPS) is 31.2. The number of primary amides is 1. The number of ketones is 2. The molecule has 0 aromatic carbocycles. The molecule has 0 radical (unpaired) electrons. The second-order valence-electron chi connectivity index (χ2n) is 9.97. The molecule has 11 nitrogen and oxygen atoms in total. The predicted molar refractivity (Wildman–Crippen MR) is 144 cm³/mol. The summed E-state index contributed by atoms with van der Waals surface area (Å²) in [6, 6.07) is 0. The topological polar surface area (TPSA) is 180 Å². The Kier molecular flexibility index (Phi) is 11.4. The van der Waals surface area contributed by atoms with E-state index < -0.39 is 53.9 Å². The lowest BCUT2D eigenvalue weighted by molar-refractivity contribution is -0.120. The largest absolute Gasteiger partial charge is 0.439 e. The number of rotatable bonds is 3. The van der Waals surface area contributed by atoms with E-state index in [1.165, 1.54) is 33.3 Å². The molecule has 2 bridgehead atoms. The van der Waals surface area contributed by atoms with E-state index >= 15 is 0 Å². The van der Waals surface area contributed by atoms with Gasteiger partial charge in [0.05, 0.1) is 23.6 Å². The summed E-state index contributed by atoms with van der Waals surface area (Å²) in [4.78, 5) is 50.1. The van der Waals surface area contributed by atoms with Gasteiger partial charge in [-0.3, -0.25) is 14.4 Å². The van der Waals surface area contributed by atoms with Crippen molar-refractivity contribution in [1.29, 1.82) is 0 Å². The number of hydrogen-bond donors (Lipinski definition) is 4. The monoisotopic (exact) mass is 545 g/mol. The molecule has 6 atom stereocenters. The molecule has 6 unspecified atom stereocenters. The summed E-state index contributed by atoms with van der Waals surface area (Å²) in [5, 5.41) is 13.6. The number of Topliss-reactive ketones (excluding diaryl/α,β-unsaturated/α-hetero) is 1. The quantitative estimate of drug-likeness (QED) is 0.303. The number of allylic oxidation sites excluding steroid dienone is 4. The molecule has 2 amide bonds. The van der Waals surface area contributed by atoms with Crippen molar-refractivity contribution in [2.24, 2.45) is 23.3 Å². The molecule has 11 heteroatoms. The first-order valence-corrected chi connectivity index (χ1v) is 12.6. The number of aliphatic hydroxyl groups is 1. The van der Waals surface area contributed by atoms with E-state index in [4.69, 9.17) is 25.7 Å². The minimum atomic E-state index is -1.00. The number of carbonyl (C=O) groups excluding carboxylic acids is 4. The molecule has 2 aliphatic rings. The minimum Gasteiger partial charge on any atom is -0.439 e. The van der Waals surface area contributed by atoms with Gasteiger partial charge in [0.1, 0.15) is 6.10 Å². The van der Waals surface area contributed by atoms with Gasteiger partial charge >= 0.3 is 6.09 Å². The molecule has 0 aromatic heterocycles. The minimum absolute atomic E-state index is 0.104. The van der Waals surface area contributed by atoms with E-state index in [0.29, 0.717) is 12.0 Å². The number of hydrogen-bond acceptors (Lipinski definition) is 9. The third kappa shape index (κ3) is 8.22. The Morgan fingerprint density at radius 1 is 1.13 bits per heavy atom. The lowest BCUT2D eigenvalue weighted by Gasteiger charge is -2.29. The molecule has 2 rings (SSSR count). The zero-order chi connectivity index (χ0) is 29.4. The Hall–Kier alpha value is -3.54. The van der Waals surface area contributed by atoms with E-state index in [9.17, 15) is 24.3 Å². The van der Waals surface area contributed by atoms with E-state index in [0.717, 1.165) is 6.08 Å². The molecule has 0 saturated heterocycles. The Morgan fingerprint density at radius 3 is 2.38 bits per heavy atom. The average Bonchev–Trinajstić information content (AvgIpc) is 2.88. The molecule has 1 aliphatic heterocycles. The molecule has 0 aromatic rings. The molecule has 214 valence electrons. The molecule has 6 N–H and O–H groups in total. The van der Waals surface area contributed by atoms with Crippen molar-refractivity contribution in [3.8, 4) is 0 Å². The molecule has 1 heterocycles. The fraction of sp³-hybridized carbons (Fsp3) is 0.500. The highest BCUT2D eigenvalue weighted by atomic mass is 16.6. The smallest absolute Gasteiger partial charge is 0.405 e. The van der Waals surface area contributed by atoms with Gasteiger partial charge in [0.15, 0.2) is 6.10 Å². The van der Waals surface area contributed by atoms with Crippen molar-refractivity contribution < 1.29 is 38.5 Å². The predicted octanol–water partition coefficient (Wildman–Crippen LogP) is 1.72. The lowest BCUT2D eigenvalue weighted by atomic mass is 9.85. The van der Waals surface area contributed by atoms with Crippen LogP contribution in [0.4, 0.5) is 4.79 Å². The number of nitrogens with two attached hydrogens (primary N) is 2. The van der Waals surface area contributed by atoms with Crippen LogP contribution in [-0.4, -0.2) is 67.3 Å². The molecule has 0 fully saturated rings. The summed E-state index contributed by atoms with van der Waals surface area (Å²) in [5.41, 5.74) is 11.9. The number of amides is 2. The first-order chi connectivity index (χ1) is 18.3.